The molecule has 2 aromatic heterocycles. The fourth-order valence-corrected chi connectivity index (χ4v) is 3.28. The summed E-state index contributed by atoms with van der Waals surface area (Å²) in [4.78, 5) is 30.0. The second-order valence-corrected chi connectivity index (χ2v) is 6.75. The van der Waals surface area contributed by atoms with Crippen LogP contribution in [0.5, 0.6) is 0 Å². The topological polar surface area (TPSA) is 74.2 Å². The molecule has 1 saturated heterocycles. The summed E-state index contributed by atoms with van der Waals surface area (Å²) in [5, 5.41) is 2.57. The van der Waals surface area contributed by atoms with Crippen LogP contribution in [0, 0.1) is 12.7 Å². The minimum absolute atomic E-state index is 0.124. The van der Waals surface area contributed by atoms with Gasteiger partial charge in [0.2, 0.25) is 0 Å². The Balaban J connectivity index is 1.47. The molecule has 0 bridgehead atoms. The van der Waals surface area contributed by atoms with Gasteiger partial charge in [-0.25, -0.2) is 19.3 Å². The third-order valence-electron chi connectivity index (χ3n) is 4.76. The molecule has 1 aliphatic heterocycles. The highest BCUT2D eigenvalue weighted by Crippen LogP contribution is 2.19. The van der Waals surface area contributed by atoms with Gasteiger partial charge in [-0.05, 0) is 31.2 Å². The summed E-state index contributed by atoms with van der Waals surface area (Å²) in [5.41, 5.74) is 0.335. The highest BCUT2D eigenvalue weighted by atomic mass is 19.1. The Hall–Kier alpha value is -3.55. The molecule has 0 aliphatic carbocycles. The highest BCUT2D eigenvalue weighted by Gasteiger charge is 2.21. The van der Waals surface area contributed by atoms with E-state index in [-0.39, 0.29) is 11.4 Å². The minimum Gasteiger partial charge on any atom is -0.353 e. The predicted octanol–water partition coefficient (Wildman–Crippen LogP) is 2.90. The number of nitrogens with one attached hydrogen (secondary N) is 1. The number of aromatic nitrogens is 3. The van der Waals surface area contributed by atoms with E-state index in [0.717, 1.165) is 32.0 Å². The summed E-state index contributed by atoms with van der Waals surface area (Å²) in [6.45, 7) is 4.85. The minimum atomic E-state index is -0.488. The van der Waals surface area contributed by atoms with Crippen LogP contribution < -0.4 is 15.1 Å². The normalized spacial score (nSPS) is 14.0. The molecule has 4 rings (SSSR count). The summed E-state index contributed by atoms with van der Waals surface area (Å²) >= 11 is 0. The molecule has 1 aliphatic rings. The Kier molecular flexibility index (Phi) is 5.33. The predicted molar refractivity (Wildman–Crippen MR) is 110 cm³/mol. The average Bonchev–Trinajstić information content (AvgIpc) is 2.75. The van der Waals surface area contributed by atoms with Crippen LogP contribution in [0.2, 0.25) is 0 Å². The Labute approximate surface area is 168 Å². The molecular formula is C21H21FN6O. The number of carbonyl (C=O) groups excluding carboxylic acids is 1. The van der Waals surface area contributed by atoms with Crippen molar-refractivity contribution in [3.8, 4) is 0 Å². The van der Waals surface area contributed by atoms with Crippen molar-refractivity contribution >= 4 is 23.2 Å². The second kappa shape index (κ2) is 8.22. The largest absolute Gasteiger partial charge is 0.353 e. The third kappa shape index (κ3) is 4.31. The van der Waals surface area contributed by atoms with Crippen LogP contribution in [-0.2, 0) is 0 Å². The number of pyridine rings is 1. The Bertz CT molecular complexity index is 1010. The SMILES string of the molecule is Cc1nc(C(=O)Nc2ccccc2F)cc(N2CCN(c3ccccn3)CC2)n1. The van der Waals surface area contributed by atoms with Gasteiger partial charge in [0.1, 0.15) is 29.0 Å². The van der Waals surface area contributed by atoms with Gasteiger partial charge in [-0.3, -0.25) is 4.79 Å². The summed E-state index contributed by atoms with van der Waals surface area (Å²) in [6.07, 6.45) is 1.79. The molecular weight excluding hydrogens is 371 g/mol. The van der Waals surface area contributed by atoms with Gasteiger partial charge >= 0.3 is 0 Å². The number of piperazine rings is 1. The van der Waals surface area contributed by atoms with E-state index in [0.29, 0.717) is 11.6 Å². The van der Waals surface area contributed by atoms with Crippen LogP contribution in [0.15, 0.2) is 54.7 Å². The first-order chi connectivity index (χ1) is 14.1. The van der Waals surface area contributed by atoms with Gasteiger partial charge in [-0.1, -0.05) is 18.2 Å². The number of rotatable bonds is 4. The van der Waals surface area contributed by atoms with Crippen LogP contribution >= 0.6 is 0 Å². The molecule has 8 heteroatoms. The molecule has 0 spiro atoms. The van der Waals surface area contributed by atoms with E-state index >= 15 is 0 Å². The first-order valence-electron chi connectivity index (χ1n) is 9.42. The number of benzene rings is 1. The zero-order valence-corrected chi connectivity index (χ0v) is 16.0. The second-order valence-electron chi connectivity index (χ2n) is 6.75. The molecule has 1 amide bonds. The van der Waals surface area contributed by atoms with E-state index in [9.17, 15) is 9.18 Å². The maximum absolute atomic E-state index is 13.8. The summed E-state index contributed by atoms with van der Waals surface area (Å²) in [6, 6.07) is 13.6. The molecule has 0 saturated carbocycles. The number of hydrogen-bond acceptors (Lipinski definition) is 6. The van der Waals surface area contributed by atoms with Crippen molar-refractivity contribution in [2.45, 2.75) is 6.92 Å². The quantitative estimate of drug-likeness (QED) is 0.736. The van der Waals surface area contributed by atoms with Gasteiger partial charge in [-0.15, -0.1) is 0 Å². The van der Waals surface area contributed by atoms with Crippen LogP contribution in [0.3, 0.4) is 0 Å². The molecule has 0 atom stereocenters. The van der Waals surface area contributed by atoms with Gasteiger partial charge in [-0.2, -0.15) is 0 Å². The number of para-hydroxylation sites is 1. The van der Waals surface area contributed by atoms with Crippen molar-refractivity contribution in [1.29, 1.82) is 0 Å². The number of halogens is 1. The van der Waals surface area contributed by atoms with Crippen molar-refractivity contribution in [2.75, 3.05) is 41.3 Å². The summed E-state index contributed by atoms with van der Waals surface area (Å²) < 4.78 is 13.8. The fraction of sp³-hybridized carbons (Fsp3) is 0.238. The van der Waals surface area contributed by atoms with Gasteiger partial charge in [0.15, 0.2) is 0 Å². The zero-order chi connectivity index (χ0) is 20.2. The zero-order valence-electron chi connectivity index (χ0n) is 16.0. The van der Waals surface area contributed by atoms with Crippen molar-refractivity contribution in [3.05, 3.63) is 72.1 Å². The Morgan fingerprint density at radius 3 is 2.34 bits per heavy atom. The van der Waals surface area contributed by atoms with E-state index in [1.165, 1.54) is 12.1 Å². The Morgan fingerprint density at radius 2 is 1.66 bits per heavy atom. The maximum atomic E-state index is 13.8. The molecule has 1 fully saturated rings. The monoisotopic (exact) mass is 392 g/mol. The average molecular weight is 392 g/mol. The smallest absolute Gasteiger partial charge is 0.274 e. The van der Waals surface area contributed by atoms with Crippen LogP contribution in [0.4, 0.5) is 21.7 Å². The lowest BCUT2D eigenvalue weighted by atomic mass is 10.2. The van der Waals surface area contributed by atoms with Crippen LogP contribution in [-0.4, -0.2) is 47.0 Å². The lowest BCUT2D eigenvalue weighted by Crippen LogP contribution is -2.47. The summed E-state index contributed by atoms with van der Waals surface area (Å²) in [5.74, 6) is 1.19. The van der Waals surface area contributed by atoms with E-state index < -0.39 is 11.7 Å². The first kappa shape index (κ1) is 18.8. The highest BCUT2D eigenvalue weighted by molar-refractivity contribution is 6.03. The fourth-order valence-electron chi connectivity index (χ4n) is 3.28. The standard InChI is InChI=1S/C21H21FN6O/c1-15-24-18(21(29)26-17-7-3-2-6-16(17)22)14-20(25-15)28-12-10-27(11-13-28)19-8-4-5-9-23-19/h2-9,14H,10-13H2,1H3,(H,26,29). The molecule has 148 valence electrons. The molecule has 3 heterocycles. The molecule has 7 nitrogen and oxygen atoms in total. The van der Waals surface area contributed by atoms with E-state index in [2.05, 4.69) is 30.1 Å². The van der Waals surface area contributed by atoms with E-state index in [4.69, 9.17) is 0 Å². The van der Waals surface area contributed by atoms with Crippen molar-refractivity contribution < 1.29 is 9.18 Å². The number of hydrogen-bond donors (Lipinski definition) is 1. The lowest BCUT2D eigenvalue weighted by Gasteiger charge is -2.36. The number of anilines is 3. The van der Waals surface area contributed by atoms with E-state index in [1.54, 1.807) is 31.3 Å². The third-order valence-corrected chi connectivity index (χ3v) is 4.76. The summed E-state index contributed by atoms with van der Waals surface area (Å²) in [7, 11) is 0. The number of nitrogens with zero attached hydrogens (tertiary/aromatic N) is 5. The van der Waals surface area contributed by atoms with Crippen LogP contribution in [0.1, 0.15) is 16.3 Å². The molecule has 29 heavy (non-hydrogen) atoms. The molecule has 1 aromatic carbocycles. The maximum Gasteiger partial charge on any atom is 0.274 e. The van der Waals surface area contributed by atoms with Crippen molar-refractivity contribution in [1.82, 2.24) is 15.0 Å². The van der Waals surface area contributed by atoms with Gasteiger partial charge in [0, 0.05) is 38.4 Å². The molecule has 3 aromatic rings. The van der Waals surface area contributed by atoms with Crippen LogP contribution in [0.25, 0.3) is 0 Å². The first-order valence-corrected chi connectivity index (χ1v) is 9.42. The van der Waals surface area contributed by atoms with Crippen molar-refractivity contribution in [3.63, 3.8) is 0 Å². The van der Waals surface area contributed by atoms with Gasteiger partial charge in [0.05, 0.1) is 5.69 Å². The molecule has 1 N–H and O–H groups in total. The number of carbonyl (C=O) groups is 1. The number of aryl methyl sites for hydroxylation is 1. The van der Waals surface area contributed by atoms with Crippen molar-refractivity contribution in [2.24, 2.45) is 0 Å². The molecule has 0 unspecified atom stereocenters. The van der Waals surface area contributed by atoms with Gasteiger partial charge in [0.25, 0.3) is 5.91 Å². The number of amides is 1. The van der Waals surface area contributed by atoms with E-state index in [1.807, 2.05) is 18.2 Å². The van der Waals surface area contributed by atoms with Gasteiger partial charge < -0.3 is 15.1 Å². The molecule has 0 radical (unpaired) electrons. The lowest BCUT2D eigenvalue weighted by molar-refractivity contribution is 0.102. The Morgan fingerprint density at radius 1 is 0.966 bits per heavy atom.